The maximum Gasteiger partial charge on any atom is 0.375 e. The number of hydrogen-bond donors (Lipinski definition) is 1. The molecule has 0 saturated heterocycles. The second kappa shape index (κ2) is 7.07. The molecular formula is C20H17N3O5. The Morgan fingerprint density at radius 2 is 1.93 bits per heavy atom. The van der Waals surface area contributed by atoms with E-state index in [2.05, 4.69) is 10.3 Å². The van der Waals surface area contributed by atoms with Crippen molar-refractivity contribution in [3.8, 4) is 6.01 Å². The number of rotatable bonds is 5. The lowest BCUT2D eigenvalue weighted by atomic mass is 10.2. The maximum atomic E-state index is 12.4. The van der Waals surface area contributed by atoms with Gasteiger partial charge in [-0.15, -0.1) is 4.74 Å². The van der Waals surface area contributed by atoms with Crippen LogP contribution in [0.15, 0.2) is 62.3 Å². The van der Waals surface area contributed by atoms with Crippen LogP contribution in [0.3, 0.4) is 0 Å². The number of para-hydroxylation sites is 2. The van der Waals surface area contributed by atoms with Crippen LogP contribution in [0.5, 0.6) is 0 Å². The molecule has 0 bridgehead atoms. The lowest BCUT2D eigenvalue weighted by Gasteiger charge is -2.08. The minimum atomic E-state index is -0.852. The minimum Gasteiger partial charge on any atom is -0.462 e. The quantitative estimate of drug-likeness (QED) is 0.527. The molecule has 2 aromatic heterocycles. The number of aromatic nitrogens is 2. The van der Waals surface area contributed by atoms with Gasteiger partial charge in [-0.05, 0) is 38.1 Å². The Bertz CT molecular complexity index is 1170. The van der Waals surface area contributed by atoms with E-state index in [0.29, 0.717) is 16.8 Å². The van der Waals surface area contributed by atoms with Gasteiger partial charge in [-0.25, -0.2) is 9.59 Å². The average Bonchev–Trinajstić information content (AvgIpc) is 3.24. The zero-order valence-corrected chi connectivity index (χ0v) is 15.3. The van der Waals surface area contributed by atoms with Crippen LogP contribution in [-0.4, -0.2) is 22.3 Å². The molecule has 2 aromatic carbocycles. The summed E-state index contributed by atoms with van der Waals surface area (Å²) in [6, 6.07) is 14.6. The number of nitrogens with one attached hydrogen (secondary N) is 1. The minimum absolute atomic E-state index is 0.0171. The highest BCUT2D eigenvalue weighted by Crippen LogP contribution is 2.26. The molecule has 4 rings (SSSR count). The molecule has 0 amide bonds. The highest BCUT2D eigenvalue weighted by Gasteiger charge is 2.28. The van der Waals surface area contributed by atoms with E-state index in [4.69, 9.17) is 13.7 Å². The third-order valence-electron chi connectivity index (χ3n) is 4.07. The van der Waals surface area contributed by atoms with E-state index in [1.807, 2.05) is 37.3 Å². The zero-order valence-electron chi connectivity index (χ0n) is 15.3. The summed E-state index contributed by atoms with van der Waals surface area (Å²) in [7, 11) is 0. The zero-order chi connectivity index (χ0) is 19.7. The normalized spacial score (nSPS) is 10.9. The van der Waals surface area contributed by atoms with Gasteiger partial charge in [0.25, 0.3) is 0 Å². The van der Waals surface area contributed by atoms with Crippen molar-refractivity contribution in [2.45, 2.75) is 13.8 Å². The second-order valence-electron chi connectivity index (χ2n) is 6.07. The molecule has 0 aliphatic carbocycles. The summed E-state index contributed by atoms with van der Waals surface area (Å²) in [5.74, 6) is -0.709. The van der Waals surface area contributed by atoms with Crippen LogP contribution in [0.4, 0.5) is 11.5 Å². The first-order valence-electron chi connectivity index (χ1n) is 8.70. The molecule has 28 heavy (non-hydrogen) atoms. The summed E-state index contributed by atoms with van der Waals surface area (Å²) in [6.45, 7) is 3.74. The summed E-state index contributed by atoms with van der Waals surface area (Å²) in [4.78, 5) is 29.1. The van der Waals surface area contributed by atoms with Crippen LogP contribution in [0, 0.1) is 6.92 Å². The number of esters is 1. The van der Waals surface area contributed by atoms with Crippen LogP contribution in [0.2, 0.25) is 0 Å². The van der Waals surface area contributed by atoms with E-state index in [1.165, 1.54) is 0 Å². The number of carbonyl (C=O) groups is 1. The Kier molecular flexibility index (Phi) is 4.44. The summed E-state index contributed by atoms with van der Waals surface area (Å²) in [5.41, 5.74) is 1.72. The molecule has 0 saturated carbocycles. The van der Waals surface area contributed by atoms with Gasteiger partial charge >= 0.3 is 17.6 Å². The van der Waals surface area contributed by atoms with Crippen molar-refractivity contribution in [3.63, 3.8) is 0 Å². The van der Waals surface area contributed by atoms with Crippen molar-refractivity contribution in [1.29, 1.82) is 0 Å². The lowest BCUT2D eigenvalue weighted by molar-refractivity contribution is 0.0524. The number of nitrogens with zero attached hydrogens (tertiary/aromatic N) is 2. The number of benzene rings is 2. The Morgan fingerprint density at radius 3 is 2.64 bits per heavy atom. The Hall–Kier alpha value is -3.81. The van der Waals surface area contributed by atoms with Gasteiger partial charge in [-0.2, -0.15) is 4.98 Å². The molecule has 0 unspecified atom stereocenters. The molecule has 2 heterocycles. The highest BCUT2D eigenvalue weighted by atomic mass is 16.6. The number of carbonyl (C=O) groups excluding carboxylic acids is 1. The fraction of sp³-hybridized carbons (Fsp3) is 0.150. The van der Waals surface area contributed by atoms with Gasteiger partial charge in [0.2, 0.25) is 0 Å². The average molecular weight is 379 g/mol. The SMILES string of the molecule is CCOC(=O)c1c(Nc2ccc(C)cc2)n(-c2nc3ccccc3o2)oc1=O. The molecule has 8 nitrogen and oxygen atoms in total. The van der Waals surface area contributed by atoms with Crippen LogP contribution in [0.25, 0.3) is 17.1 Å². The first-order valence-corrected chi connectivity index (χ1v) is 8.70. The number of fused-ring (bicyclic) bond motifs is 1. The predicted octanol–water partition coefficient (Wildman–Crippen LogP) is 3.80. The van der Waals surface area contributed by atoms with Gasteiger partial charge < -0.3 is 19.0 Å². The van der Waals surface area contributed by atoms with E-state index < -0.39 is 11.6 Å². The standard InChI is InChI=1S/C20H17N3O5/c1-3-26-18(24)16-17(21-13-10-8-12(2)9-11-13)23(28-19(16)25)20-22-14-6-4-5-7-15(14)27-20/h4-11,21H,3H2,1-2H3. The largest absolute Gasteiger partial charge is 0.462 e. The molecule has 4 aromatic rings. The molecule has 142 valence electrons. The summed E-state index contributed by atoms with van der Waals surface area (Å²) in [6.07, 6.45) is 0. The Morgan fingerprint density at radius 1 is 1.18 bits per heavy atom. The van der Waals surface area contributed by atoms with Gasteiger partial charge in [0.15, 0.2) is 17.0 Å². The van der Waals surface area contributed by atoms with Crippen molar-refractivity contribution in [3.05, 3.63) is 70.1 Å². The first-order chi connectivity index (χ1) is 13.6. The van der Waals surface area contributed by atoms with Crippen LogP contribution >= 0.6 is 0 Å². The lowest BCUT2D eigenvalue weighted by Crippen LogP contribution is -2.15. The van der Waals surface area contributed by atoms with Crippen molar-refractivity contribution < 1.29 is 18.5 Å². The Labute approximate surface area is 159 Å². The molecule has 8 heteroatoms. The second-order valence-corrected chi connectivity index (χ2v) is 6.07. The molecule has 0 fully saturated rings. The van der Waals surface area contributed by atoms with Crippen LogP contribution in [0.1, 0.15) is 22.8 Å². The molecule has 0 radical (unpaired) electrons. The van der Waals surface area contributed by atoms with Gasteiger partial charge in [0.05, 0.1) is 6.61 Å². The fourth-order valence-electron chi connectivity index (χ4n) is 2.72. The van der Waals surface area contributed by atoms with Crippen molar-refractivity contribution in [2.75, 3.05) is 11.9 Å². The summed E-state index contributed by atoms with van der Waals surface area (Å²) >= 11 is 0. The van der Waals surface area contributed by atoms with Crippen molar-refractivity contribution in [1.82, 2.24) is 9.72 Å². The fourth-order valence-corrected chi connectivity index (χ4v) is 2.72. The van der Waals surface area contributed by atoms with E-state index >= 15 is 0 Å². The van der Waals surface area contributed by atoms with Gasteiger partial charge in [-0.3, -0.25) is 0 Å². The molecule has 0 aliphatic heterocycles. The molecular weight excluding hydrogens is 362 g/mol. The third kappa shape index (κ3) is 3.16. The smallest absolute Gasteiger partial charge is 0.375 e. The monoisotopic (exact) mass is 379 g/mol. The maximum absolute atomic E-state index is 12.4. The van der Waals surface area contributed by atoms with Crippen LogP contribution in [-0.2, 0) is 4.74 Å². The first kappa shape index (κ1) is 17.6. The topological polar surface area (TPSA) is 99.5 Å². The van der Waals surface area contributed by atoms with Gasteiger partial charge in [0.1, 0.15) is 5.52 Å². The molecule has 1 N–H and O–H groups in total. The van der Waals surface area contributed by atoms with Crippen LogP contribution < -0.4 is 10.9 Å². The number of hydrogen-bond acceptors (Lipinski definition) is 7. The van der Waals surface area contributed by atoms with E-state index in [-0.39, 0.29) is 24.0 Å². The van der Waals surface area contributed by atoms with Gasteiger partial charge in [0, 0.05) is 5.69 Å². The summed E-state index contributed by atoms with van der Waals surface area (Å²) in [5, 5.41) is 3.04. The molecule has 0 aliphatic rings. The number of ether oxygens (including phenoxy) is 1. The van der Waals surface area contributed by atoms with Crippen molar-refractivity contribution >= 4 is 28.6 Å². The number of aryl methyl sites for hydroxylation is 1. The Balaban J connectivity index is 1.87. The number of oxazole rings is 1. The summed E-state index contributed by atoms with van der Waals surface area (Å²) < 4.78 is 17.0. The third-order valence-corrected chi connectivity index (χ3v) is 4.07. The van der Waals surface area contributed by atoms with Gasteiger partial charge in [-0.1, -0.05) is 29.8 Å². The van der Waals surface area contributed by atoms with E-state index in [9.17, 15) is 9.59 Å². The van der Waals surface area contributed by atoms with E-state index in [0.717, 1.165) is 10.3 Å². The molecule has 0 atom stereocenters. The predicted molar refractivity (Wildman–Crippen MR) is 102 cm³/mol. The highest BCUT2D eigenvalue weighted by molar-refractivity contribution is 5.95. The van der Waals surface area contributed by atoms with E-state index in [1.54, 1.807) is 25.1 Å². The number of anilines is 2. The van der Waals surface area contributed by atoms with Crippen molar-refractivity contribution in [2.24, 2.45) is 0 Å². The molecule has 0 spiro atoms.